The Morgan fingerprint density at radius 3 is 2.95 bits per heavy atom. The van der Waals surface area contributed by atoms with E-state index in [1.54, 1.807) is 24.1 Å². The predicted molar refractivity (Wildman–Crippen MR) is 74.2 cm³/mol. The van der Waals surface area contributed by atoms with Crippen LogP contribution in [0.25, 0.3) is 0 Å². The first-order valence-electron chi connectivity index (χ1n) is 6.65. The van der Waals surface area contributed by atoms with E-state index in [1.165, 1.54) is 0 Å². The standard InChI is InChI=1S/C14H21N3O2/c1-9-4-5-17(12(9)8-18)14(19)11-6-10(2)16-13(7-11)15-3/h6-7,9,12,18H,4-5,8H2,1-3H3,(H,15,16). The normalized spacial score (nSPS) is 22.6. The third-order valence-electron chi connectivity index (χ3n) is 3.79. The number of aliphatic hydroxyl groups excluding tert-OH is 1. The Morgan fingerprint density at radius 1 is 1.58 bits per heavy atom. The maximum Gasteiger partial charge on any atom is 0.254 e. The van der Waals surface area contributed by atoms with Gasteiger partial charge >= 0.3 is 0 Å². The maximum absolute atomic E-state index is 12.5. The van der Waals surface area contributed by atoms with E-state index >= 15 is 0 Å². The van der Waals surface area contributed by atoms with Crippen LogP contribution in [0.5, 0.6) is 0 Å². The lowest BCUT2D eigenvalue weighted by atomic mass is 10.0. The van der Waals surface area contributed by atoms with Crippen LogP contribution in [-0.2, 0) is 0 Å². The molecule has 5 heteroatoms. The van der Waals surface area contributed by atoms with Crippen molar-refractivity contribution in [2.24, 2.45) is 5.92 Å². The highest BCUT2D eigenvalue weighted by Gasteiger charge is 2.34. The number of anilines is 1. The summed E-state index contributed by atoms with van der Waals surface area (Å²) in [7, 11) is 1.78. The van der Waals surface area contributed by atoms with E-state index in [0.29, 0.717) is 23.8 Å². The van der Waals surface area contributed by atoms with Crippen molar-refractivity contribution in [3.8, 4) is 0 Å². The molecule has 1 aromatic rings. The van der Waals surface area contributed by atoms with Gasteiger partial charge in [0.25, 0.3) is 5.91 Å². The largest absolute Gasteiger partial charge is 0.394 e. The molecule has 1 aliphatic heterocycles. The summed E-state index contributed by atoms with van der Waals surface area (Å²) in [6.45, 7) is 4.68. The first kappa shape index (κ1) is 13.8. The van der Waals surface area contributed by atoms with Crippen LogP contribution < -0.4 is 5.32 Å². The molecule has 1 amide bonds. The van der Waals surface area contributed by atoms with Gasteiger partial charge < -0.3 is 15.3 Å². The summed E-state index contributed by atoms with van der Waals surface area (Å²) in [4.78, 5) is 18.6. The number of rotatable bonds is 3. The molecular weight excluding hydrogens is 242 g/mol. The number of pyridine rings is 1. The lowest BCUT2D eigenvalue weighted by Crippen LogP contribution is -2.39. The van der Waals surface area contributed by atoms with Crippen molar-refractivity contribution in [2.75, 3.05) is 25.5 Å². The summed E-state index contributed by atoms with van der Waals surface area (Å²) < 4.78 is 0. The molecule has 19 heavy (non-hydrogen) atoms. The number of carbonyl (C=O) groups is 1. The summed E-state index contributed by atoms with van der Waals surface area (Å²) in [6, 6.07) is 3.48. The van der Waals surface area contributed by atoms with E-state index in [4.69, 9.17) is 0 Å². The molecule has 2 heterocycles. The number of carbonyl (C=O) groups excluding carboxylic acids is 1. The fraction of sp³-hybridized carbons (Fsp3) is 0.571. The topological polar surface area (TPSA) is 65.5 Å². The first-order chi connectivity index (χ1) is 9.06. The zero-order chi connectivity index (χ0) is 14.0. The fourth-order valence-corrected chi connectivity index (χ4v) is 2.62. The highest BCUT2D eigenvalue weighted by molar-refractivity contribution is 5.95. The van der Waals surface area contributed by atoms with Crippen molar-refractivity contribution in [3.63, 3.8) is 0 Å². The molecule has 0 bridgehead atoms. The van der Waals surface area contributed by atoms with Gasteiger partial charge in [-0.25, -0.2) is 4.98 Å². The molecule has 0 spiro atoms. The number of aromatic nitrogens is 1. The van der Waals surface area contributed by atoms with Gasteiger partial charge in [-0.1, -0.05) is 6.92 Å². The average molecular weight is 263 g/mol. The second kappa shape index (κ2) is 5.57. The van der Waals surface area contributed by atoms with Crippen molar-refractivity contribution < 1.29 is 9.90 Å². The van der Waals surface area contributed by atoms with E-state index in [2.05, 4.69) is 17.2 Å². The number of hydrogen-bond acceptors (Lipinski definition) is 4. The predicted octanol–water partition coefficient (Wildman–Crippen LogP) is 1.27. The van der Waals surface area contributed by atoms with Crippen molar-refractivity contribution in [3.05, 3.63) is 23.4 Å². The molecule has 0 aliphatic carbocycles. The number of aryl methyl sites for hydroxylation is 1. The smallest absolute Gasteiger partial charge is 0.254 e. The average Bonchev–Trinajstić information content (AvgIpc) is 2.78. The maximum atomic E-state index is 12.5. The molecule has 1 aliphatic rings. The molecule has 2 atom stereocenters. The van der Waals surface area contributed by atoms with E-state index < -0.39 is 0 Å². The second-order valence-corrected chi connectivity index (χ2v) is 5.15. The highest BCUT2D eigenvalue weighted by atomic mass is 16.3. The van der Waals surface area contributed by atoms with Gasteiger partial charge in [-0.15, -0.1) is 0 Å². The van der Waals surface area contributed by atoms with Crippen LogP contribution in [-0.4, -0.2) is 47.1 Å². The minimum absolute atomic E-state index is 0.0228. The number of nitrogens with one attached hydrogen (secondary N) is 1. The van der Waals surface area contributed by atoms with Crippen LogP contribution in [0, 0.1) is 12.8 Å². The molecule has 0 radical (unpaired) electrons. The molecule has 2 N–H and O–H groups in total. The number of aliphatic hydroxyl groups is 1. The Hall–Kier alpha value is -1.62. The molecule has 5 nitrogen and oxygen atoms in total. The van der Waals surface area contributed by atoms with E-state index in [1.807, 2.05) is 6.92 Å². The summed E-state index contributed by atoms with van der Waals surface area (Å²) in [5.41, 5.74) is 1.44. The van der Waals surface area contributed by atoms with Crippen molar-refractivity contribution in [1.82, 2.24) is 9.88 Å². The lowest BCUT2D eigenvalue weighted by Gasteiger charge is -2.25. The zero-order valence-corrected chi connectivity index (χ0v) is 11.7. The van der Waals surface area contributed by atoms with Gasteiger partial charge in [0.05, 0.1) is 12.6 Å². The van der Waals surface area contributed by atoms with Crippen LogP contribution in [0.1, 0.15) is 29.4 Å². The Labute approximate surface area is 113 Å². The Morgan fingerprint density at radius 2 is 2.32 bits per heavy atom. The summed E-state index contributed by atoms with van der Waals surface area (Å²) in [5, 5.41) is 12.4. The SMILES string of the molecule is CNc1cc(C(=O)N2CCC(C)C2CO)cc(C)n1. The number of nitrogens with zero attached hydrogens (tertiary/aromatic N) is 2. The summed E-state index contributed by atoms with van der Waals surface area (Å²) in [5.74, 6) is 1.02. The Bertz CT molecular complexity index is 476. The third-order valence-corrected chi connectivity index (χ3v) is 3.79. The van der Waals surface area contributed by atoms with Crippen molar-refractivity contribution >= 4 is 11.7 Å². The van der Waals surface area contributed by atoms with Crippen LogP contribution in [0.3, 0.4) is 0 Å². The van der Waals surface area contributed by atoms with Crippen LogP contribution in [0.15, 0.2) is 12.1 Å². The van der Waals surface area contributed by atoms with Crippen molar-refractivity contribution in [2.45, 2.75) is 26.3 Å². The van der Waals surface area contributed by atoms with Crippen LogP contribution in [0.4, 0.5) is 5.82 Å². The number of amides is 1. The van der Waals surface area contributed by atoms with Gasteiger partial charge in [0.15, 0.2) is 0 Å². The van der Waals surface area contributed by atoms with Gasteiger partial charge in [-0.05, 0) is 31.4 Å². The highest BCUT2D eigenvalue weighted by Crippen LogP contribution is 2.25. The molecule has 1 aromatic heterocycles. The van der Waals surface area contributed by atoms with Gasteiger partial charge in [-0.3, -0.25) is 4.79 Å². The van der Waals surface area contributed by atoms with E-state index in [0.717, 1.165) is 12.1 Å². The monoisotopic (exact) mass is 263 g/mol. The van der Waals surface area contributed by atoms with Gasteiger partial charge in [0.2, 0.25) is 0 Å². The minimum atomic E-state index is -0.0704. The first-order valence-corrected chi connectivity index (χ1v) is 6.65. The minimum Gasteiger partial charge on any atom is -0.394 e. The molecule has 1 fully saturated rings. The second-order valence-electron chi connectivity index (χ2n) is 5.15. The summed E-state index contributed by atoms with van der Waals surface area (Å²) in [6.07, 6.45) is 0.944. The molecule has 0 aromatic carbocycles. The van der Waals surface area contributed by atoms with Gasteiger partial charge in [0.1, 0.15) is 5.82 Å². The van der Waals surface area contributed by atoms with Crippen LogP contribution >= 0.6 is 0 Å². The molecule has 2 unspecified atom stereocenters. The quantitative estimate of drug-likeness (QED) is 0.862. The van der Waals surface area contributed by atoms with Gasteiger partial charge in [0, 0.05) is 24.8 Å². The molecule has 104 valence electrons. The van der Waals surface area contributed by atoms with E-state index in [9.17, 15) is 9.90 Å². The molecule has 1 saturated heterocycles. The summed E-state index contributed by atoms with van der Waals surface area (Å²) >= 11 is 0. The van der Waals surface area contributed by atoms with E-state index in [-0.39, 0.29) is 18.6 Å². The molecule has 2 rings (SSSR count). The zero-order valence-electron chi connectivity index (χ0n) is 11.7. The third kappa shape index (κ3) is 2.71. The number of hydrogen-bond donors (Lipinski definition) is 2. The van der Waals surface area contributed by atoms with Gasteiger partial charge in [-0.2, -0.15) is 0 Å². The fourth-order valence-electron chi connectivity index (χ4n) is 2.62. The molecular formula is C14H21N3O2. The van der Waals surface area contributed by atoms with Crippen molar-refractivity contribution in [1.29, 1.82) is 0 Å². The Balaban J connectivity index is 2.26. The van der Waals surface area contributed by atoms with Crippen LogP contribution in [0.2, 0.25) is 0 Å². The number of likely N-dealkylation sites (tertiary alicyclic amines) is 1. The lowest BCUT2D eigenvalue weighted by molar-refractivity contribution is 0.0648. The Kier molecular flexibility index (Phi) is 4.04. The molecule has 0 saturated carbocycles.